The molecule has 2 aliphatic rings. The molecule has 164 valence electrons. The molecule has 1 aromatic heterocycles. The first-order valence-electron chi connectivity index (χ1n) is 10.2. The number of hydrogen-bond donors (Lipinski definition) is 0. The van der Waals surface area contributed by atoms with Crippen molar-refractivity contribution in [1.82, 2.24) is 14.9 Å². The van der Waals surface area contributed by atoms with Crippen molar-refractivity contribution in [3.8, 4) is 6.07 Å². The summed E-state index contributed by atoms with van der Waals surface area (Å²) in [5.41, 5.74) is -0.237. The van der Waals surface area contributed by atoms with Gasteiger partial charge in [-0.05, 0) is 31.3 Å². The number of rotatable bonds is 3. The number of aromatic nitrogens is 2. The fraction of sp³-hybridized carbons (Fsp3) is 0.476. The molecule has 2 saturated heterocycles. The highest BCUT2D eigenvalue weighted by Gasteiger charge is 2.32. The predicted octanol–water partition coefficient (Wildman–Crippen LogP) is 2.45. The monoisotopic (exact) mass is 431 g/mol. The number of hydrogen-bond acceptors (Lipinski definition) is 7. The summed E-state index contributed by atoms with van der Waals surface area (Å²) in [6, 6.07) is 7.17. The van der Waals surface area contributed by atoms with Gasteiger partial charge in [-0.3, -0.25) is 0 Å². The molecule has 0 saturated carbocycles. The molecule has 0 radical (unpaired) electrons. The van der Waals surface area contributed by atoms with Crippen molar-refractivity contribution in [2.75, 3.05) is 74.1 Å². The summed E-state index contributed by atoms with van der Waals surface area (Å²) in [5, 5.41) is 9.36. The van der Waals surface area contributed by atoms with Gasteiger partial charge in [0.05, 0.1) is 16.8 Å². The lowest BCUT2D eigenvalue weighted by molar-refractivity contribution is -0.137. The van der Waals surface area contributed by atoms with Crippen LogP contribution in [-0.2, 0) is 6.18 Å². The van der Waals surface area contributed by atoms with Gasteiger partial charge in [0.25, 0.3) is 0 Å². The molecule has 2 fully saturated rings. The average Bonchev–Trinajstić information content (AvgIpc) is 2.79. The van der Waals surface area contributed by atoms with Gasteiger partial charge >= 0.3 is 6.18 Å². The Bertz CT molecular complexity index is 956. The van der Waals surface area contributed by atoms with Crippen LogP contribution in [0.5, 0.6) is 0 Å². The van der Waals surface area contributed by atoms with Crippen LogP contribution in [0.2, 0.25) is 0 Å². The number of anilines is 3. The van der Waals surface area contributed by atoms with E-state index in [0.717, 1.165) is 44.1 Å². The van der Waals surface area contributed by atoms with E-state index >= 15 is 0 Å². The van der Waals surface area contributed by atoms with Gasteiger partial charge in [-0.2, -0.15) is 23.4 Å². The van der Waals surface area contributed by atoms with Gasteiger partial charge in [-0.25, -0.2) is 4.98 Å². The zero-order valence-corrected chi connectivity index (χ0v) is 17.3. The van der Waals surface area contributed by atoms with Gasteiger partial charge in [-0.15, -0.1) is 0 Å². The number of benzene rings is 1. The molecule has 0 spiro atoms. The highest BCUT2D eigenvalue weighted by Crippen LogP contribution is 2.33. The summed E-state index contributed by atoms with van der Waals surface area (Å²) in [5.74, 6) is 1.57. The highest BCUT2D eigenvalue weighted by molar-refractivity contribution is 5.61. The number of nitrogens with zero attached hydrogens (tertiary/aromatic N) is 7. The van der Waals surface area contributed by atoms with Crippen molar-refractivity contribution >= 4 is 17.5 Å². The number of likely N-dealkylation sites (N-methyl/N-ethyl adjacent to an activating group) is 1. The first-order chi connectivity index (χ1) is 14.8. The summed E-state index contributed by atoms with van der Waals surface area (Å²) < 4.78 is 38.9. The van der Waals surface area contributed by atoms with E-state index in [-0.39, 0.29) is 5.56 Å². The van der Waals surface area contributed by atoms with E-state index in [1.54, 1.807) is 6.20 Å². The van der Waals surface area contributed by atoms with Crippen molar-refractivity contribution in [3.05, 3.63) is 41.6 Å². The third-order valence-corrected chi connectivity index (χ3v) is 5.80. The Morgan fingerprint density at radius 2 is 1.55 bits per heavy atom. The van der Waals surface area contributed by atoms with E-state index in [1.807, 2.05) is 17.0 Å². The number of halogens is 3. The summed E-state index contributed by atoms with van der Waals surface area (Å²) >= 11 is 0. The minimum Gasteiger partial charge on any atom is -0.367 e. The van der Waals surface area contributed by atoms with E-state index in [1.165, 1.54) is 6.07 Å². The van der Waals surface area contributed by atoms with E-state index in [9.17, 15) is 18.4 Å². The zero-order chi connectivity index (χ0) is 22.0. The van der Waals surface area contributed by atoms with Gasteiger partial charge in [-0.1, -0.05) is 0 Å². The lowest BCUT2D eigenvalue weighted by Gasteiger charge is -2.37. The second kappa shape index (κ2) is 8.59. The molecule has 0 unspecified atom stereocenters. The Morgan fingerprint density at radius 1 is 0.903 bits per heavy atom. The molecular weight excluding hydrogens is 407 g/mol. The van der Waals surface area contributed by atoms with Crippen LogP contribution in [0.1, 0.15) is 11.1 Å². The maximum absolute atomic E-state index is 13.0. The Hall–Kier alpha value is -3.06. The van der Waals surface area contributed by atoms with Crippen molar-refractivity contribution < 1.29 is 13.2 Å². The SMILES string of the molecule is CN1CCN(c2ccnc(N3CCN(c4ccc(C(F)(F)F)cc4C#N)CC3)n2)CC1. The number of alkyl halides is 3. The van der Waals surface area contributed by atoms with Crippen LogP contribution in [0.25, 0.3) is 0 Å². The standard InChI is InChI=1S/C21H24F3N7/c1-28-6-8-30(9-7-28)19-4-5-26-20(27-19)31-12-10-29(11-13-31)18-3-2-17(21(22,23)24)14-16(18)15-25/h2-5,14H,6-13H2,1H3. The van der Waals surface area contributed by atoms with Gasteiger partial charge in [0.2, 0.25) is 5.95 Å². The van der Waals surface area contributed by atoms with Crippen molar-refractivity contribution in [1.29, 1.82) is 5.26 Å². The molecule has 0 bridgehead atoms. The summed E-state index contributed by atoms with van der Waals surface area (Å²) in [7, 11) is 2.11. The van der Waals surface area contributed by atoms with E-state index in [4.69, 9.17) is 4.98 Å². The second-order valence-corrected chi connectivity index (χ2v) is 7.82. The largest absolute Gasteiger partial charge is 0.416 e. The molecule has 10 heteroatoms. The minimum absolute atomic E-state index is 0.0385. The first-order valence-corrected chi connectivity index (χ1v) is 10.2. The Labute approximate surface area is 179 Å². The maximum Gasteiger partial charge on any atom is 0.416 e. The van der Waals surface area contributed by atoms with Crippen LogP contribution < -0.4 is 14.7 Å². The van der Waals surface area contributed by atoms with Crippen LogP contribution in [0.3, 0.4) is 0 Å². The molecule has 1 aromatic carbocycles. The Kier molecular flexibility index (Phi) is 5.87. The molecule has 3 heterocycles. The average molecular weight is 431 g/mol. The molecule has 2 aromatic rings. The maximum atomic E-state index is 13.0. The van der Waals surface area contributed by atoms with E-state index < -0.39 is 11.7 Å². The summed E-state index contributed by atoms with van der Waals surface area (Å²) in [6.07, 6.45) is -2.69. The minimum atomic E-state index is -4.46. The second-order valence-electron chi connectivity index (χ2n) is 7.82. The van der Waals surface area contributed by atoms with Crippen molar-refractivity contribution in [3.63, 3.8) is 0 Å². The molecule has 4 rings (SSSR count). The Balaban J connectivity index is 1.44. The van der Waals surface area contributed by atoms with Crippen LogP contribution >= 0.6 is 0 Å². The van der Waals surface area contributed by atoms with E-state index in [2.05, 4.69) is 26.7 Å². The third kappa shape index (κ3) is 4.66. The number of nitriles is 1. The fourth-order valence-electron chi connectivity index (χ4n) is 3.93. The Morgan fingerprint density at radius 3 is 2.19 bits per heavy atom. The normalized spacial score (nSPS) is 18.2. The van der Waals surface area contributed by atoms with Crippen LogP contribution in [0, 0.1) is 11.3 Å². The molecular formula is C21H24F3N7. The number of piperazine rings is 2. The molecule has 0 aliphatic carbocycles. The summed E-state index contributed by atoms with van der Waals surface area (Å²) in [6.45, 7) is 6.22. The topological polar surface area (TPSA) is 62.5 Å². The van der Waals surface area contributed by atoms with Gasteiger partial charge < -0.3 is 19.6 Å². The van der Waals surface area contributed by atoms with Gasteiger partial charge in [0.15, 0.2) is 0 Å². The zero-order valence-electron chi connectivity index (χ0n) is 17.3. The quantitative estimate of drug-likeness (QED) is 0.740. The van der Waals surface area contributed by atoms with Crippen molar-refractivity contribution in [2.45, 2.75) is 6.18 Å². The molecule has 31 heavy (non-hydrogen) atoms. The van der Waals surface area contributed by atoms with Gasteiger partial charge in [0, 0.05) is 58.6 Å². The summed E-state index contributed by atoms with van der Waals surface area (Å²) in [4.78, 5) is 17.7. The molecule has 0 atom stereocenters. The smallest absolute Gasteiger partial charge is 0.367 e. The van der Waals surface area contributed by atoms with Crippen LogP contribution in [-0.4, -0.2) is 74.3 Å². The van der Waals surface area contributed by atoms with Crippen LogP contribution in [0.15, 0.2) is 30.5 Å². The lowest BCUT2D eigenvalue weighted by Crippen LogP contribution is -2.48. The van der Waals surface area contributed by atoms with Crippen molar-refractivity contribution in [2.24, 2.45) is 0 Å². The highest BCUT2D eigenvalue weighted by atomic mass is 19.4. The third-order valence-electron chi connectivity index (χ3n) is 5.80. The molecule has 0 amide bonds. The molecule has 7 nitrogen and oxygen atoms in total. The van der Waals surface area contributed by atoms with Crippen LogP contribution in [0.4, 0.5) is 30.6 Å². The lowest BCUT2D eigenvalue weighted by atomic mass is 10.1. The first kappa shape index (κ1) is 21.2. The van der Waals surface area contributed by atoms with E-state index in [0.29, 0.717) is 37.8 Å². The fourth-order valence-corrected chi connectivity index (χ4v) is 3.93. The molecule has 0 N–H and O–H groups in total. The van der Waals surface area contributed by atoms with Gasteiger partial charge in [0.1, 0.15) is 11.9 Å². The predicted molar refractivity (Wildman–Crippen MR) is 112 cm³/mol. The molecule has 2 aliphatic heterocycles.